The predicted molar refractivity (Wildman–Crippen MR) is 74.0 cm³/mol. The van der Waals surface area contributed by atoms with Crippen molar-refractivity contribution in [1.82, 2.24) is 0 Å². The Bertz CT molecular complexity index is 473. The van der Waals surface area contributed by atoms with Gasteiger partial charge in [-0.15, -0.1) is 6.58 Å². The average molecular weight is 278 g/mol. The summed E-state index contributed by atoms with van der Waals surface area (Å²) < 4.78 is 15.6. The van der Waals surface area contributed by atoms with E-state index in [2.05, 4.69) is 6.58 Å². The minimum absolute atomic E-state index is 0.0924. The zero-order chi connectivity index (χ0) is 15.1. The van der Waals surface area contributed by atoms with Gasteiger partial charge < -0.3 is 14.2 Å². The van der Waals surface area contributed by atoms with Crippen molar-refractivity contribution in [2.75, 3.05) is 0 Å². The molecule has 0 heterocycles. The van der Waals surface area contributed by atoms with E-state index >= 15 is 0 Å². The molecule has 1 aromatic rings. The summed E-state index contributed by atoms with van der Waals surface area (Å²) in [7, 11) is 0. The van der Waals surface area contributed by atoms with E-state index in [0.29, 0.717) is 12.2 Å². The molecule has 5 nitrogen and oxygen atoms in total. The minimum Gasteiger partial charge on any atom is -0.490 e. The lowest BCUT2D eigenvalue weighted by Gasteiger charge is -2.15. The first kappa shape index (κ1) is 15.8. The van der Waals surface area contributed by atoms with Crippen LogP contribution in [0.25, 0.3) is 0 Å². The van der Waals surface area contributed by atoms with Crippen molar-refractivity contribution in [3.05, 3.63) is 30.9 Å². The van der Waals surface area contributed by atoms with Gasteiger partial charge in [-0.2, -0.15) is 0 Å². The molecule has 0 aliphatic heterocycles. The van der Waals surface area contributed by atoms with Crippen LogP contribution < -0.4 is 14.2 Å². The second kappa shape index (κ2) is 7.33. The van der Waals surface area contributed by atoms with Gasteiger partial charge in [-0.05, 0) is 6.92 Å². The van der Waals surface area contributed by atoms with E-state index in [0.717, 1.165) is 0 Å². The van der Waals surface area contributed by atoms with E-state index in [1.54, 1.807) is 18.2 Å². The van der Waals surface area contributed by atoms with Crippen molar-refractivity contribution in [2.24, 2.45) is 0 Å². The van der Waals surface area contributed by atoms with E-state index in [4.69, 9.17) is 14.2 Å². The van der Waals surface area contributed by atoms with Crippen molar-refractivity contribution in [2.45, 2.75) is 33.3 Å². The molecule has 20 heavy (non-hydrogen) atoms. The van der Waals surface area contributed by atoms with Crippen LogP contribution in [-0.2, 0) is 9.59 Å². The Kier molecular flexibility index (Phi) is 5.77. The Labute approximate surface area is 118 Å². The zero-order valence-corrected chi connectivity index (χ0v) is 11.8. The third-order valence-electron chi connectivity index (χ3n) is 2.21. The van der Waals surface area contributed by atoms with Crippen LogP contribution >= 0.6 is 0 Å². The third kappa shape index (κ3) is 5.56. The maximum absolute atomic E-state index is 11.0. The van der Waals surface area contributed by atoms with Crippen molar-refractivity contribution >= 4 is 11.9 Å². The molecule has 1 unspecified atom stereocenters. The maximum Gasteiger partial charge on any atom is 0.308 e. The van der Waals surface area contributed by atoms with Gasteiger partial charge in [0.25, 0.3) is 0 Å². The number of esters is 2. The fourth-order valence-electron chi connectivity index (χ4n) is 1.58. The monoisotopic (exact) mass is 278 g/mol. The summed E-state index contributed by atoms with van der Waals surface area (Å²) in [6, 6.07) is 4.58. The number of ether oxygens (including phenoxy) is 3. The van der Waals surface area contributed by atoms with Crippen molar-refractivity contribution < 1.29 is 23.8 Å². The minimum atomic E-state index is -0.463. The van der Waals surface area contributed by atoms with Crippen LogP contribution in [0.5, 0.6) is 17.2 Å². The van der Waals surface area contributed by atoms with Gasteiger partial charge >= 0.3 is 11.9 Å². The average Bonchev–Trinajstić information content (AvgIpc) is 2.26. The molecule has 0 N–H and O–H groups in total. The smallest absolute Gasteiger partial charge is 0.308 e. The maximum atomic E-state index is 11.0. The summed E-state index contributed by atoms with van der Waals surface area (Å²) in [6.07, 6.45) is 2.32. The molecule has 0 aliphatic carbocycles. The number of rotatable bonds is 6. The van der Waals surface area contributed by atoms with Crippen LogP contribution in [0.3, 0.4) is 0 Å². The molecule has 0 saturated heterocycles. The van der Waals surface area contributed by atoms with Crippen LogP contribution in [0, 0.1) is 0 Å². The van der Waals surface area contributed by atoms with Crippen LogP contribution in [0.4, 0.5) is 0 Å². The summed E-state index contributed by atoms with van der Waals surface area (Å²) in [5.74, 6) is 0.0496. The van der Waals surface area contributed by atoms with Gasteiger partial charge in [-0.3, -0.25) is 9.59 Å². The molecule has 0 aliphatic rings. The van der Waals surface area contributed by atoms with Crippen LogP contribution in [0.15, 0.2) is 30.9 Å². The molecule has 0 aromatic heterocycles. The first-order valence-electron chi connectivity index (χ1n) is 6.20. The molecule has 0 bridgehead atoms. The van der Waals surface area contributed by atoms with Gasteiger partial charge in [0.15, 0.2) is 0 Å². The summed E-state index contributed by atoms with van der Waals surface area (Å²) >= 11 is 0. The SMILES string of the molecule is C=CCC(C)Oc1cc(OC(C)=O)cc(OC(C)=O)c1. The lowest BCUT2D eigenvalue weighted by atomic mass is 10.2. The Morgan fingerprint density at radius 3 is 1.95 bits per heavy atom. The molecular formula is C15H18O5. The highest BCUT2D eigenvalue weighted by Gasteiger charge is 2.10. The topological polar surface area (TPSA) is 61.8 Å². The molecule has 0 spiro atoms. The first-order chi connectivity index (χ1) is 9.40. The summed E-state index contributed by atoms with van der Waals surface area (Å²) in [6.45, 7) is 8.10. The lowest BCUT2D eigenvalue weighted by Crippen LogP contribution is -2.11. The number of carbonyl (C=O) groups excluding carboxylic acids is 2. The standard InChI is InChI=1S/C15H18O5/c1-5-6-10(2)18-13-7-14(19-11(3)16)9-15(8-13)20-12(4)17/h5,7-10H,1,6H2,2-4H3. The van der Waals surface area contributed by atoms with Gasteiger partial charge in [-0.1, -0.05) is 6.08 Å². The highest BCUT2D eigenvalue weighted by molar-refractivity contribution is 5.71. The van der Waals surface area contributed by atoms with Gasteiger partial charge in [-0.25, -0.2) is 0 Å². The van der Waals surface area contributed by atoms with E-state index in [1.165, 1.54) is 19.9 Å². The van der Waals surface area contributed by atoms with Crippen LogP contribution in [-0.4, -0.2) is 18.0 Å². The predicted octanol–water partition coefficient (Wildman–Crippen LogP) is 2.88. The van der Waals surface area contributed by atoms with Gasteiger partial charge in [0.2, 0.25) is 0 Å². The molecule has 1 atom stereocenters. The summed E-state index contributed by atoms with van der Waals surface area (Å²) in [4.78, 5) is 22.0. The summed E-state index contributed by atoms with van der Waals surface area (Å²) in [5, 5.41) is 0. The van der Waals surface area contributed by atoms with Crippen LogP contribution in [0.2, 0.25) is 0 Å². The molecule has 0 radical (unpaired) electrons. The Balaban J connectivity index is 2.98. The molecular weight excluding hydrogens is 260 g/mol. The largest absolute Gasteiger partial charge is 0.490 e. The second-order valence-corrected chi connectivity index (χ2v) is 4.28. The lowest BCUT2D eigenvalue weighted by molar-refractivity contribution is -0.132. The fourth-order valence-corrected chi connectivity index (χ4v) is 1.58. The normalized spacial score (nSPS) is 11.3. The highest BCUT2D eigenvalue weighted by Crippen LogP contribution is 2.29. The van der Waals surface area contributed by atoms with Crippen molar-refractivity contribution in [1.29, 1.82) is 0 Å². The Morgan fingerprint density at radius 1 is 1.10 bits per heavy atom. The highest BCUT2D eigenvalue weighted by atomic mass is 16.5. The Morgan fingerprint density at radius 2 is 1.55 bits per heavy atom. The number of benzene rings is 1. The fraction of sp³-hybridized carbons (Fsp3) is 0.333. The van der Waals surface area contributed by atoms with E-state index in [-0.39, 0.29) is 17.6 Å². The molecule has 1 rings (SSSR count). The third-order valence-corrected chi connectivity index (χ3v) is 2.21. The quantitative estimate of drug-likeness (QED) is 0.455. The molecule has 0 saturated carbocycles. The second-order valence-electron chi connectivity index (χ2n) is 4.28. The van der Waals surface area contributed by atoms with Crippen molar-refractivity contribution in [3.63, 3.8) is 0 Å². The van der Waals surface area contributed by atoms with Gasteiger partial charge in [0.05, 0.1) is 6.10 Å². The van der Waals surface area contributed by atoms with E-state index in [1.807, 2.05) is 6.92 Å². The van der Waals surface area contributed by atoms with Crippen molar-refractivity contribution in [3.8, 4) is 17.2 Å². The van der Waals surface area contributed by atoms with E-state index < -0.39 is 11.9 Å². The van der Waals surface area contributed by atoms with E-state index in [9.17, 15) is 9.59 Å². The molecule has 0 fully saturated rings. The zero-order valence-electron chi connectivity index (χ0n) is 11.8. The molecule has 1 aromatic carbocycles. The number of hydrogen-bond donors (Lipinski definition) is 0. The number of carbonyl (C=O) groups is 2. The van der Waals surface area contributed by atoms with Gasteiger partial charge in [0.1, 0.15) is 17.2 Å². The van der Waals surface area contributed by atoms with Gasteiger partial charge in [0, 0.05) is 38.5 Å². The number of hydrogen-bond acceptors (Lipinski definition) is 5. The molecule has 108 valence electrons. The molecule has 5 heteroatoms. The van der Waals surface area contributed by atoms with Crippen LogP contribution in [0.1, 0.15) is 27.2 Å². The molecule has 0 amide bonds. The Hall–Kier alpha value is -2.30. The summed E-state index contributed by atoms with van der Waals surface area (Å²) in [5.41, 5.74) is 0. The first-order valence-corrected chi connectivity index (χ1v) is 6.20.